The molecule has 0 saturated carbocycles. The van der Waals surface area contributed by atoms with Gasteiger partial charge in [-0.1, -0.05) is 19.1 Å². The van der Waals surface area contributed by atoms with E-state index in [0.717, 1.165) is 37.9 Å². The molecule has 110 valence electrons. The molecular formula is C16H24N2O2. The Morgan fingerprint density at radius 1 is 1.45 bits per heavy atom. The molecule has 1 aliphatic rings. The highest BCUT2D eigenvalue weighted by Crippen LogP contribution is 2.33. The lowest BCUT2D eigenvalue weighted by Crippen LogP contribution is -2.47. The van der Waals surface area contributed by atoms with Crippen LogP contribution in [-0.2, 0) is 4.79 Å². The first-order valence-electron chi connectivity index (χ1n) is 7.38. The normalized spacial score (nSPS) is 19.3. The predicted octanol–water partition coefficient (Wildman–Crippen LogP) is 2.35. The van der Waals surface area contributed by atoms with Crippen molar-refractivity contribution in [3.63, 3.8) is 0 Å². The Kier molecular flexibility index (Phi) is 4.65. The van der Waals surface area contributed by atoms with Crippen molar-refractivity contribution in [1.29, 1.82) is 0 Å². The van der Waals surface area contributed by atoms with Crippen molar-refractivity contribution >= 4 is 5.91 Å². The lowest BCUT2D eigenvalue weighted by Gasteiger charge is -2.36. The van der Waals surface area contributed by atoms with Gasteiger partial charge in [0.25, 0.3) is 0 Å². The van der Waals surface area contributed by atoms with E-state index in [0.29, 0.717) is 0 Å². The van der Waals surface area contributed by atoms with Gasteiger partial charge in [0.2, 0.25) is 5.91 Å². The molecule has 4 nitrogen and oxygen atoms in total. The average molecular weight is 276 g/mol. The molecule has 0 radical (unpaired) electrons. The number of nitrogens with one attached hydrogen (secondary N) is 2. The lowest BCUT2D eigenvalue weighted by atomic mass is 9.75. The summed E-state index contributed by atoms with van der Waals surface area (Å²) in [7, 11) is 0. The fourth-order valence-electron chi connectivity index (χ4n) is 2.87. The number of rotatable bonds is 4. The van der Waals surface area contributed by atoms with Gasteiger partial charge in [0.15, 0.2) is 0 Å². The van der Waals surface area contributed by atoms with Gasteiger partial charge in [-0.2, -0.15) is 0 Å². The van der Waals surface area contributed by atoms with E-state index in [9.17, 15) is 9.90 Å². The molecular weight excluding hydrogens is 252 g/mol. The number of hydrogen-bond donors (Lipinski definition) is 3. The van der Waals surface area contributed by atoms with Crippen LogP contribution < -0.4 is 10.6 Å². The van der Waals surface area contributed by atoms with Crippen LogP contribution in [-0.4, -0.2) is 24.1 Å². The molecule has 1 unspecified atom stereocenters. The molecule has 1 fully saturated rings. The number of carbonyl (C=O) groups is 1. The summed E-state index contributed by atoms with van der Waals surface area (Å²) < 4.78 is 0. The van der Waals surface area contributed by atoms with Gasteiger partial charge < -0.3 is 15.7 Å². The van der Waals surface area contributed by atoms with E-state index in [1.165, 1.54) is 0 Å². The van der Waals surface area contributed by atoms with Crippen LogP contribution in [0.4, 0.5) is 0 Å². The number of piperidine rings is 1. The van der Waals surface area contributed by atoms with Crippen molar-refractivity contribution in [1.82, 2.24) is 10.6 Å². The summed E-state index contributed by atoms with van der Waals surface area (Å²) in [5, 5.41) is 15.9. The highest BCUT2D eigenvalue weighted by Gasteiger charge is 2.38. The fraction of sp³-hybridized carbons (Fsp3) is 0.562. The number of phenolic OH excluding ortho intramolecular Hbond substituents is 1. The van der Waals surface area contributed by atoms with E-state index < -0.39 is 0 Å². The molecule has 0 aromatic heterocycles. The maximum absolute atomic E-state index is 12.6. The minimum atomic E-state index is -0.240. The van der Waals surface area contributed by atoms with Crippen LogP contribution >= 0.6 is 0 Å². The minimum absolute atomic E-state index is 0.0899. The second-order valence-electron chi connectivity index (χ2n) is 5.67. The third-order valence-electron chi connectivity index (χ3n) is 4.44. The van der Waals surface area contributed by atoms with E-state index in [-0.39, 0.29) is 23.1 Å². The number of amides is 1. The summed E-state index contributed by atoms with van der Waals surface area (Å²) >= 11 is 0. The van der Waals surface area contributed by atoms with Crippen molar-refractivity contribution in [2.24, 2.45) is 5.41 Å². The van der Waals surface area contributed by atoms with Crippen molar-refractivity contribution in [3.05, 3.63) is 29.8 Å². The van der Waals surface area contributed by atoms with Crippen molar-refractivity contribution in [2.45, 2.75) is 39.2 Å². The smallest absolute Gasteiger partial charge is 0.226 e. The van der Waals surface area contributed by atoms with Gasteiger partial charge in [0, 0.05) is 0 Å². The highest BCUT2D eigenvalue weighted by molar-refractivity contribution is 5.83. The Bertz CT molecular complexity index is 467. The number of carbonyl (C=O) groups excluding carboxylic acids is 1. The Hall–Kier alpha value is -1.55. The molecule has 3 N–H and O–H groups in total. The molecule has 0 bridgehead atoms. The maximum Gasteiger partial charge on any atom is 0.226 e. The predicted molar refractivity (Wildman–Crippen MR) is 79.5 cm³/mol. The van der Waals surface area contributed by atoms with Crippen LogP contribution in [0.15, 0.2) is 24.3 Å². The van der Waals surface area contributed by atoms with E-state index >= 15 is 0 Å². The second-order valence-corrected chi connectivity index (χ2v) is 5.67. The van der Waals surface area contributed by atoms with Crippen molar-refractivity contribution in [3.8, 4) is 5.75 Å². The van der Waals surface area contributed by atoms with E-state index in [2.05, 4.69) is 17.6 Å². The summed E-state index contributed by atoms with van der Waals surface area (Å²) in [5.74, 6) is 0.369. The quantitative estimate of drug-likeness (QED) is 0.791. The molecule has 1 aromatic carbocycles. The second kappa shape index (κ2) is 6.27. The van der Waals surface area contributed by atoms with Crippen molar-refractivity contribution < 1.29 is 9.90 Å². The largest absolute Gasteiger partial charge is 0.508 e. The van der Waals surface area contributed by atoms with Gasteiger partial charge in [-0.25, -0.2) is 0 Å². The van der Waals surface area contributed by atoms with Crippen LogP contribution in [0.3, 0.4) is 0 Å². The molecule has 0 spiro atoms. The van der Waals surface area contributed by atoms with Crippen LogP contribution in [0, 0.1) is 5.41 Å². The Morgan fingerprint density at radius 3 is 2.75 bits per heavy atom. The number of phenols is 1. The van der Waals surface area contributed by atoms with Crippen LogP contribution in [0.5, 0.6) is 5.75 Å². The zero-order valence-corrected chi connectivity index (χ0v) is 12.3. The SMILES string of the molecule is CCC1(C(=O)NC(C)c2cccc(O)c2)CCNCC1. The van der Waals surface area contributed by atoms with E-state index in [1.807, 2.05) is 13.0 Å². The van der Waals surface area contributed by atoms with E-state index in [4.69, 9.17) is 0 Å². The molecule has 4 heteroatoms. The first-order chi connectivity index (χ1) is 9.57. The third-order valence-corrected chi connectivity index (χ3v) is 4.44. The van der Waals surface area contributed by atoms with E-state index in [1.54, 1.807) is 18.2 Å². The highest BCUT2D eigenvalue weighted by atomic mass is 16.3. The molecule has 2 rings (SSSR count). The molecule has 1 heterocycles. The lowest BCUT2D eigenvalue weighted by molar-refractivity contribution is -0.133. The van der Waals surface area contributed by atoms with Gasteiger partial charge in [-0.05, 0) is 57.0 Å². The first kappa shape index (κ1) is 14.9. The summed E-state index contributed by atoms with van der Waals surface area (Å²) in [6.45, 7) is 5.85. The number of benzene rings is 1. The Labute approximate surface area is 120 Å². The first-order valence-corrected chi connectivity index (χ1v) is 7.38. The van der Waals surface area contributed by atoms with Crippen LogP contribution in [0.1, 0.15) is 44.7 Å². The molecule has 1 atom stereocenters. The van der Waals surface area contributed by atoms with Gasteiger partial charge >= 0.3 is 0 Å². The minimum Gasteiger partial charge on any atom is -0.508 e. The topological polar surface area (TPSA) is 61.4 Å². The molecule has 20 heavy (non-hydrogen) atoms. The standard InChI is InChI=1S/C16H24N2O2/c1-3-16(7-9-17-10-8-16)15(20)18-12(2)13-5-4-6-14(19)11-13/h4-6,11-12,17,19H,3,7-10H2,1-2H3,(H,18,20). The van der Waals surface area contributed by atoms with Crippen LogP contribution in [0.25, 0.3) is 0 Å². The van der Waals surface area contributed by atoms with Gasteiger partial charge in [-0.3, -0.25) is 4.79 Å². The zero-order chi connectivity index (χ0) is 14.6. The Balaban J connectivity index is 2.06. The number of aromatic hydroxyl groups is 1. The number of hydrogen-bond acceptors (Lipinski definition) is 3. The summed E-state index contributed by atoms with van der Waals surface area (Å²) in [6, 6.07) is 6.97. The van der Waals surface area contributed by atoms with Gasteiger partial charge in [0.05, 0.1) is 11.5 Å². The third kappa shape index (κ3) is 3.12. The average Bonchev–Trinajstić information content (AvgIpc) is 2.47. The summed E-state index contributed by atoms with van der Waals surface area (Å²) in [6.07, 6.45) is 2.65. The molecule has 1 amide bonds. The molecule has 1 aromatic rings. The van der Waals surface area contributed by atoms with Crippen LogP contribution in [0.2, 0.25) is 0 Å². The Morgan fingerprint density at radius 2 is 2.15 bits per heavy atom. The maximum atomic E-state index is 12.6. The van der Waals surface area contributed by atoms with Gasteiger partial charge in [0.1, 0.15) is 5.75 Å². The van der Waals surface area contributed by atoms with Gasteiger partial charge in [-0.15, -0.1) is 0 Å². The van der Waals surface area contributed by atoms with Crippen molar-refractivity contribution in [2.75, 3.05) is 13.1 Å². The summed E-state index contributed by atoms with van der Waals surface area (Å²) in [5.41, 5.74) is 0.689. The molecule has 1 saturated heterocycles. The summed E-state index contributed by atoms with van der Waals surface area (Å²) in [4.78, 5) is 12.6. The molecule has 1 aliphatic heterocycles. The zero-order valence-electron chi connectivity index (χ0n) is 12.3. The molecule has 0 aliphatic carbocycles. The monoisotopic (exact) mass is 276 g/mol. The fourth-order valence-corrected chi connectivity index (χ4v) is 2.87.